The van der Waals surface area contributed by atoms with Gasteiger partial charge >= 0.3 is 0 Å². The first-order valence-corrected chi connectivity index (χ1v) is 20.6. The van der Waals surface area contributed by atoms with Crippen molar-refractivity contribution in [3.05, 3.63) is 180 Å². The molecule has 0 aromatic heterocycles. The predicted octanol–water partition coefficient (Wildman–Crippen LogP) is 10.0. The van der Waals surface area contributed by atoms with Crippen LogP contribution in [0.1, 0.15) is 48.9 Å². The first kappa shape index (κ1) is 31.5. The maximum Gasteiger partial charge on any atom is 0.204 e. The summed E-state index contributed by atoms with van der Waals surface area (Å²) in [7, 11) is -6.10. The molecule has 0 spiro atoms. The van der Waals surface area contributed by atoms with Crippen molar-refractivity contribution in [2.24, 2.45) is 11.8 Å². The van der Waals surface area contributed by atoms with Gasteiger partial charge in [0.15, 0.2) is 0 Å². The van der Waals surface area contributed by atoms with Crippen molar-refractivity contribution in [1.82, 2.24) is 9.34 Å². The Bertz CT molecular complexity index is 1830. The Labute approximate surface area is 285 Å². The minimum absolute atomic E-state index is 0.00234. The molecule has 6 atom stereocenters. The Morgan fingerprint density at radius 1 is 0.500 bits per heavy atom. The first-order chi connectivity index (χ1) is 23.6. The van der Waals surface area contributed by atoms with Gasteiger partial charge in [0.1, 0.15) is 0 Å². The van der Waals surface area contributed by atoms with E-state index in [1.54, 1.807) is 0 Å². The molecule has 0 bridgehead atoms. The number of fused-ring (bicyclic) bond motifs is 2. The zero-order valence-corrected chi connectivity index (χ0v) is 29.0. The SMILES string of the molecule is O=[P@]1(c2ccccc2)C2=CCC=C[C@@H]2[C@@H](c2ccccc2)N1CCCCN1[C@H](c2ccccc2)[C@H]2C=CCC=C2[P@]1(=O)c1ccccc1. The van der Waals surface area contributed by atoms with Gasteiger partial charge in [0, 0.05) is 46.2 Å². The number of hydrogen-bond acceptors (Lipinski definition) is 2. The minimum atomic E-state index is -3.05. The van der Waals surface area contributed by atoms with Crippen LogP contribution in [0.3, 0.4) is 0 Å². The van der Waals surface area contributed by atoms with Gasteiger partial charge in [0.25, 0.3) is 0 Å². The Balaban J connectivity index is 1.14. The molecular formula is C42H42N2O2P2. The lowest BCUT2D eigenvalue weighted by Gasteiger charge is -2.33. The lowest BCUT2D eigenvalue weighted by atomic mass is 9.89. The highest BCUT2D eigenvalue weighted by atomic mass is 31.2. The van der Waals surface area contributed by atoms with Crippen LogP contribution >= 0.6 is 14.6 Å². The number of benzene rings is 4. The molecule has 4 nitrogen and oxygen atoms in total. The van der Waals surface area contributed by atoms with Crippen LogP contribution in [0.15, 0.2) is 168 Å². The van der Waals surface area contributed by atoms with E-state index in [1.165, 1.54) is 11.1 Å². The zero-order valence-electron chi connectivity index (χ0n) is 27.2. The second-order valence-electron chi connectivity index (χ2n) is 13.2. The molecule has 4 aliphatic rings. The highest BCUT2D eigenvalue weighted by molar-refractivity contribution is 7.74. The number of unbranched alkanes of at least 4 members (excludes halogenated alkanes) is 1. The molecule has 0 amide bonds. The van der Waals surface area contributed by atoms with Gasteiger partial charge in [-0.1, -0.05) is 134 Å². The van der Waals surface area contributed by atoms with Crippen molar-refractivity contribution < 1.29 is 9.13 Å². The van der Waals surface area contributed by atoms with Gasteiger partial charge in [-0.2, -0.15) is 0 Å². The maximum atomic E-state index is 15.6. The molecule has 0 N–H and O–H groups in total. The largest absolute Gasteiger partial charge is 0.297 e. The number of rotatable bonds is 9. The van der Waals surface area contributed by atoms with E-state index in [1.807, 2.05) is 60.7 Å². The minimum Gasteiger partial charge on any atom is -0.297 e. The molecule has 0 unspecified atom stereocenters. The smallest absolute Gasteiger partial charge is 0.204 e. The normalized spacial score (nSPS) is 29.7. The second-order valence-corrected chi connectivity index (χ2v) is 18.6. The molecule has 2 aliphatic carbocycles. The summed E-state index contributed by atoms with van der Waals surface area (Å²) in [6.07, 6.45) is 16.8. The quantitative estimate of drug-likeness (QED) is 0.101. The molecule has 242 valence electrons. The second kappa shape index (κ2) is 13.3. The van der Waals surface area contributed by atoms with E-state index >= 15 is 9.13 Å². The van der Waals surface area contributed by atoms with E-state index in [9.17, 15) is 0 Å². The molecule has 0 saturated carbocycles. The molecule has 0 radical (unpaired) electrons. The lowest BCUT2D eigenvalue weighted by molar-refractivity contribution is 0.289. The monoisotopic (exact) mass is 668 g/mol. The molecule has 2 aliphatic heterocycles. The van der Waals surface area contributed by atoms with E-state index < -0.39 is 14.6 Å². The Morgan fingerprint density at radius 2 is 0.854 bits per heavy atom. The summed E-state index contributed by atoms with van der Waals surface area (Å²) < 4.78 is 35.9. The topological polar surface area (TPSA) is 40.6 Å². The molecule has 2 heterocycles. The van der Waals surface area contributed by atoms with Gasteiger partial charge in [-0.3, -0.25) is 9.13 Å². The molecule has 4 aromatic rings. The van der Waals surface area contributed by atoms with Gasteiger partial charge in [0.2, 0.25) is 14.6 Å². The Morgan fingerprint density at radius 3 is 1.23 bits per heavy atom. The molecule has 8 rings (SSSR count). The van der Waals surface area contributed by atoms with Gasteiger partial charge in [-0.15, -0.1) is 0 Å². The molecular weight excluding hydrogens is 626 g/mol. The summed E-state index contributed by atoms with van der Waals surface area (Å²) in [6, 6.07) is 41.5. The fourth-order valence-electron chi connectivity index (χ4n) is 8.52. The van der Waals surface area contributed by atoms with Crippen LogP contribution < -0.4 is 10.6 Å². The summed E-state index contributed by atoms with van der Waals surface area (Å²) in [5, 5.41) is 3.97. The van der Waals surface area contributed by atoms with Crippen molar-refractivity contribution in [3.8, 4) is 0 Å². The Hall–Kier alpha value is -3.78. The van der Waals surface area contributed by atoms with E-state index in [4.69, 9.17) is 0 Å². The van der Waals surface area contributed by atoms with Crippen molar-refractivity contribution in [3.63, 3.8) is 0 Å². The van der Waals surface area contributed by atoms with Crippen LogP contribution in [0.4, 0.5) is 0 Å². The van der Waals surface area contributed by atoms with Gasteiger partial charge in [-0.25, -0.2) is 9.34 Å². The molecule has 48 heavy (non-hydrogen) atoms. The van der Waals surface area contributed by atoms with Gasteiger partial charge in [0.05, 0.1) is 12.1 Å². The van der Waals surface area contributed by atoms with Crippen LogP contribution in [-0.2, 0) is 9.13 Å². The third-order valence-corrected chi connectivity index (χ3v) is 17.3. The molecule has 6 heteroatoms. The van der Waals surface area contributed by atoms with Crippen LogP contribution in [0.25, 0.3) is 0 Å². The summed E-state index contributed by atoms with van der Waals surface area (Å²) >= 11 is 0. The predicted molar refractivity (Wildman–Crippen MR) is 199 cm³/mol. The summed E-state index contributed by atoms with van der Waals surface area (Å²) in [6.45, 7) is 1.39. The highest BCUT2D eigenvalue weighted by Gasteiger charge is 2.54. The van der Waals surface area contributed by atoms with Crippen LogP contribution in [0.5, 0.6) is 0 Å². The third kappa shape index (κ3) is 5.22. The van der Waals surface area contributed by atoms with E-state index in [0.717, 1.165) is 46.9 Å². The maximum absolute atomic E-state index is 15.6. The van der Waals surface area contributed by atoms with Gasteiger partial charge in [-0.05, 0) is 61.1 Å². The van der Waals surface area contributed by atoms with Crippen molar-refractivity contribution in [2.45, 2.75) is 37.8 Å². The molecule has 2 fully saturated rings. The van der Waals surface area contributed by atoms with Crippen LogP contribution in [0, 0.1) is 11.8 Å². The number of hydrogen-bond donors (Lipinski definition) is 0. The third-order valence-electron chi connectivity index (χ3n) is 10.6. The van der Waals surface area contributed by atoms with E-state index in [0.29, 0.717) is 13.1 Å². The fourth-order valence-corrected chi connectivity index (χ4v) is 15.5. The average Bonchev–Trinajstić information content (AvgIpc) is 3.57. The first-order valence-electron chi connectivity index (χ1n) is 17.3. The average molecular weight is 669 g/mol. The molecule has 2 saturated heterocycles. The van der Waals surface area contributed by atoms with Crippen molar-refractivity contribution in [2.75, 3.05) is 13.1 Å². The number of allylic oxidation sites excluding steroid dienone is 4. The Kier molecular flexibility index (Phi) is 8.70. The van der Waals surface area contributed by atoms with Crippen LogP contribution in [0.2, 0.25) is 0 Å². The highest BCUT2D eigenvalue weighted by Crippen LogP contribution is 2.72. The summed E-state index contributed by atoms with van der Waals surface area (Å²) in [4.78, 5) is 0. The van der Waals surface area contributed by atoms with E-state index in [2.05, 4.69) is 106 Å². The standard InChI is InChI=1S/C42H42N2O2P2/c45-47(35-23-9-3-10-24-35)39-29-15-13-27-37(39)41(33-19-5-1-6-20-33)43(47)31-17-18-32-44-42(34-21-7-2-8-22-34)38-28-14-16-30-40(38)48(44,46)36-25-11-4-12-26-36/h1-14,19-30,37-38,41-42H,15-18,31-32H2/t37-,38-,41+,42+,47+,48+/m0/s1. The lowest BCUT2D eigenvalue weighted by Crippen LogP contribution is -2.29. The zero-order chi connectivity index (χ0) is 32.6. The van der Waals surface area contributed by atoms with E-state index in [-0.39, 0.29) is 23.9 Å². The van der Waals surface area contributed by atoms with Crippen LogP contribution in [-0.4, -0.2) is 22.4 Å². The van der Waals surface area contributed by atoms with Crippen molar-refractivity contribution in [1.29, 1.82) is 0 Å². The number of nitrogens with zero attached hydrogens (tertiary/aromatic N) is 2. The summed E-state index contributed by atoms with van der Waals surface area (Å²) in [5.41, 5.74) is 2.40. The van der Waals surface area contributed by atoms with Gasteiger partial charge < -0.3 is 0 Å². The summed E-state index contributed by atoms with van der Waals surface area (Å²) in [5.74, 6) is 0.154. The van der Waals surface area contributed by atoms with Crippen molar-refractivity contribution >= 4 is 25.2 Å². The fraction of sp³-hybridized carbons (Fsp3) is 0.238. The molecule has 4 aromatic carbocycles.